The minimum absolute atomic E-state index is 0.00760. The molecular weight excluding hydrogens is 390 g/mol. The SMILES string of the molecule is Cn1c(SCC(=O)Nc2cccc(Cl)c2)nnc1-c1ccc([N+](=O)[O-])cc1. The molecule has 3 aromatic rings. The minimum Gasteiger partial charge on any atom is -0.325 e. The van der Waals surface area contributed by atoms with Gasteiger partial charge in [0.25, 0.3) is 5.69 Å². The number of thioether (sulfide) groups is 1. The maximum atomic E-state index is 12.1. The number of carbonyl (C=O) groups is 1. The first-order valence-electron chi connectivity index (χ1n) is 7.76. The number of carbonyl (C=O) groups excluding carboxylic acids is 1. The molecule has 1 aromatic heterocycles. The van der Waals surface area contributed by atoms with E-state index in [0.717, 1.165) is 0 Å². The van der Waals surface area contributed by atoms with Crippen LogP contribution < -0.4 is 5.32 Å². The van der Waals surface area contributed by atoms with Crippen LogP contribution in [0.3, 0.4) is 0 Å². The van der Waals surface area contributed by atoms with Gasteiger partial charge in [0.15, 0.2) is 11.0 Å². The van der Waals surface area contributed by atoms with Gasteiger partial charge in [-0.3, -0.25) is 14.9 Å². The summed E-state index contributed by atoms with van der Waals surface area (Å²) in [6, 6.07) is 13.0. The number of non-ortho nitro benzene ring substituents is 1. The van der Waals surface area contributed by atoms with Gasteiger partial charge < -0.3 is 9.88 Å². The molecule has 1 heterocycles. The van der Waals surface area contributed by atoms with E-state index in [-0.39, 0.29) is 17.3 Å². The van der Waals surface area contributed by atoms with E-state index >= 15 is 0 Å². The third-order valence-corrected chi connectivity index (χ3v) is 4.87. The Morgan fingerprint density at radius 3 is 2.67 bits per heavy atom. The third-order valence-electron chi connectivity index (χ3n) is 3.61. The molecule has 0 aliphatic rings. The van der Waals surface area contributed by atoms with E-state index < -0.39 is 4.92 Å². The number of nitrogens with one attached hydrogen (secondary N) is 1. The van der Waals surface area contributed by atoms with Gasteiger partial charge in [0, 0.05) is 35.5 Å². The maximum Gasteiger partial charge on any atom is 0.269 e. The lowest BCUT2D eigenvalue weighted by atomic mass is 10.2. The predicted molar refractivity (Wildman–Crippen MR) is 104 cm³/mol. The summed E-state index contributed by atoms with van der Waals surface area (Å²) >= 11 is 7.13. The molecule has 0 unspecified atom stereocenters. The number of nitro benzene ring substituents is 1. The highest BCUT2D eigenvalue weighted by Gasteiger charge is 2.14. The molecule has 2 aromatic carbocycles. The van der Waals surface area contributed by atoms with Crippen molar-refractivity contribution in [3.05, 3.63) is 63.7 Å². The summed E-state index contributed by atoms with van der Waals surface area (Å²) in [5, 5.41) is 22.8. The van der Waals surface area contributed by atoms with Crippen LogP contribution in [0.5, 0.6) is 0 Å². The predicted octanol–water partition coefficient (Wildman–Crippen LogP) is 3.77. The molecule has 8 nitrogen and oxygen atoms in total. The highest BCUT2D eigenvalue weighted by Crippen LogP contribution is 2.24. The molecule has 0 radical (unpaired) electrons. The molecule has 3 rings (SSSR count). The van der Waals surface area contributed by atoms with Crippen molar-refractivity contribution in [1.82, 2.24) is 14.8 Å². The lowest BCUT2D eigenvalue weighted by Crippen LogP contribution is -2.14. The van der Waals surface area contributed by atoms with E-state index in [9.17, 15) is 14.9 Å². The first-order valence-corrected chi connectivity index (χ1v) is 9.13. The van der Waals surface area contributed by atoms with Gasteiger partial charge in [-0.25, -0.2) is 0 Å². The van der Waals surface area contributed by atoms with Crippen molar-refractivity contribution in [3.63, 3.8) is 0 Å². The monoisotopic (exact) mass is 403 g/mol. The molecular formula is C17H14ClN5O3S. The standard InChI is InChI=1S/C17H14ClN5O3S/c1-22-16(11-5-7-14(8-6-11)23(25)26)20-21-17(22)27-10-15(24)19-13-4-2-3-12(18)9-13/h2-9H,10H2,1H3,(H,19,24). The van der Waals surface area contributed by atoms with Gasteiger partial charge in [0.2, 0.25) is 5.91 Å². The Bertz CT molecular complexity index is 990. The van der Waals surface area contributed by atoms with E-state index in [1.807, 2.05) is 0 Å². The van der Waals surface area contributed by atoms with Crippen LogP contribution in [-0.2, 0) is 11.8 Å². The molecule has 0 aliphatic heterocycles. The van der Waals surface area contributed by atoms with Gasteiger partial charge in [-0.1, -0.05) is 29.4 Å². The van der Waals surface area contributed by atoms with Crippen LogP contribution in [0.25, 0.3) is 11.4 Å². The van der Waals surface area contributed by atoms with Crippen molar-refractivity contribution in [1.29, 1.82) is 0 Å². The van der Waals surface area contributed by atoms with E-state index in [0.29, 0.717) is 27.3 Å². The molecule has 27 heavy (non-hydrogen) atoms. The molecule has 0 saturated carbocycles. The fourth-order valence-corrected chi connectivity index (χ4v) is 3.22. The summed E-state index contributed by atoms with van der Waals surface area (Å²) in [5.74, 6) is 0.517. The van der Waals surface area contributed by atoms with Crippen LogP contribution >= 0.6 is 23.4 Å². The van der Waals surface area contributed by atoms with Crippen LogP contribution in [0.4, 0.5) is 11.4 Å². The van der Waals surface area contributed by atoms with Crippen molar-refractivity contribution in [2.24, 2.45) is 7.05 Å². The topological polar surface area (TPSA) is 103 Å². The third kappa shape index (κ3) is 4.63. The lowest BCUT2D eigenvalue weighted by Gasteiger charge is -2.06. The first kappa shape index (κ1) is 18.9. The molecule has 1 N–H and O–H groups in total. The number of halogens is 1. The number of benzene rings is 2. The smallest absolute Gasteiger partial charge is 0.269 e. The molecule has 0 atom stereocenters. The van der Waals surface area contributed by atoms with Gasteiger partial charge in [0.1, 0.15) is 0 Å². The Hall–Kier alpha value is -2.91. The number of nitrogens with zero attached hydrogens (tertiary/aromatic N) is 4. The summed E-state index contributed by atoms with van der Waals surface area (Å²) in [6.07, 6.45) is 0. The summed E-state index contributed by atoms with van der Waals surface area (Å²) in [4.78, 5) is 22.4. The summed E-state index contributed by atoms with van der Waals surface area (Å²) in [5.41, 5.74) is 1.33. The van der Waals surface area contributed by atoms with E-state index in [2.05, 4.69) is 15.5 Å². The number of anilines is 1. The maximum absolute atomic E-state index is 12.1. The second-order valence-corrected chi connectivity index (χ2v) is 6.90. The Labute approximate surface area is 163 Å². The number of nitro groups is 1. The molecule has 1 amide bonds. The van der Waals surface area contributed by atoms with E-state index in [1.54, 1.807) is 48.0 Å². The van der Waals surface area contributed by atoms with Crippen molar-refractivity contribution >= 4 is 40.6 Å². The second-order valence-electron chi connectivity index (χ2n) is 5.52. The molecule has 138 valence electrons. The summed E-state index contributed by atoms with van der Waals surface area (Å²) < 4.78 is 1.73. The molecule has 0 aliphatic carbocycles. The summed E-state index contributed by atoms with van der Waals surface area (Å²) in [6.45, 7) is 0. The largest absolute Gasteiger partial charge is 0.325 e. The minimum atomic E-state index is -0.458. The number of aromatic nitrogens is 3. The average molecular weight is 404 g/mol. The zero-order valence-corrected chi connectivity index (χ0v) is 15.7. The quantitative estimate of drug-likeness (QED) is 0.381. The van der Waals surface area contributed by atoms with Crippen LogP contribution in [0, 0.1) is 10.1 Å². The Balaban J connectivity index is 1.65. The van der Waals surface area contributed by atoms with Crippen LogP contribution in [0.2, 0.25) is 5.02 Å². The van der Waals surface area contributed by atoms with Crippen molar-refractivity contribution in [3.8, 4) is 11.4 Å². The van der Waals surface area contributed by atoms with Gasteiger partial charge >= 0.3 is 0 Å². The first-order chi connectivity index (χ1) is 12.9. The number of amides is 1. The molecule has 0 saturated heterocycles. The van der Waals surface area contributed by atoms with Crippen molar-refractivity contribution in [2.75, 3.05) is 11.1 Å². The highest BCUT2D eigenvalue weighted by atomic mass is 35.5. The van der Waals surface area contributed by atoms with Gasteiger partial charge in [-0.15, -0.1) is 10.2 Å². The zero-order valence-electron chi connectivity index (χ0n) is 14.1. The van der Waals surface area contributed by atoms with Gasteiger partial charge in [0.05, 0.1) is 10.7 Å². The highest BCUT2D eigenvalue weighted by molar-refractivity contribution is 7.99. The van der Waals surface area contributed by atoms with Crippen LogP contribution in [-0.4, -0.2) is 31.3 Å². The molecule has 0 spiro atoms. The fourth-order valence-electron chi connectivity index (χ4n) is 2.32. The number of rotatable bonds is 6. The Morgan fingerprint density at radius 2 is 2.00 bits per heavy atom. The number of hydrogen-bond donors (Lipinski definition) is 1. The van der Waals surface area contributed by atoms with Crippen molar-refractivity contribution in [2.45, 2.75) is 5.16 Å². The molecule has 0 fully saturated rings. The zero-order chi connectivity index (χ0) is 19.4. The van der Waals surface area contributed by atoms with Crippen LogP contribution in [0.1, 0.15) is 0 Å². The number of hydrogen-bond acceptors (Lipinski definition) is 6. The fraction of sp³-hybridized carbons (Fsp3) is 0.118. The van der Waals surface area contributed by atoms with Crippen molar-refractivity contribution < 1.29 is 9.72 Å². The average Bonchev–Trinajstić information content (AvgIpc) is 3.00. The van der Waals surface area contributed by atoms with Gasteiger partial charge in [-0.05, 0) is 30.3 Å². The Kier molecular flexibility index (Phi) is 5.72. The van der Waals surface area contributed by atoms with Gasteiger partial charge in [-0.2, -0.15) is 0 Å². The van der Waals surface area contributed by atoms with E-state index in [1.165, 1.54) is 23.9 Å². The van der Waals surface area contributed by atoms with Crippen LogP contribution in [0.15, 0.2) is 53.7 Å². The Morgan fingerprint density at radius 1 is 1.26 bits per heavy atom. The summed E-state index contributed by atoms with van der Waals surface area (Å²) in [7, 11) is 1.77. The molecule has 0 bridgehead atoms. The second kappa shape index (κ2) is 8.19. The lowest BCUT2D eigenvalue weighted by molar-refractivity contribution is -0.384. The molecule has 10 heteroatoms. The van der Waals surface area contributed by atoms with E-state index in [4.69, 9.17) is 11.6 Å². The normalized spacial score (nSPS) is 10.6.